The SMILES string of the molecule is CC(C)CCN(C(=O)C1CCCCC1)c1cc(F)ccc1SC(=O)C(C)(C)C. The predicted molar refractivity (Wildman–Crippen MR) is 115 cm³/mol. The van der Waals surface area contributed by atoms with Gasteiger partial charge in [0.2, 0.25) is 5.91 Å². The second-order valence-electron chi connectivity index (χ2n) is 9.26. The Bertz CT molecular complexity index is 690. The van der Waals surface area contributed by atoms with Gasteiger partial charge < -0.3 is 4.90 Å². The summed E-state index contributed by atoms with van der Waals surface area (Å²) in [4.78, 5) is 28.4. The summed E-state index contributed by atoms with van der Waals surface area (Å²) in [5.41, 5.74) is 0.0331. The lowest BCUT2D eigenvalue weighted by Crippen LogP contribution is -2.38. The van der Waals surface area contributed by atoms with E-state index in [0.29, 0.717) is 23.0 Å². The molecule has 1 fully saturated rings. The van der Waals surface area contributed by atoms with E-state index in [9.17, 15) is 14.0 Å². The Balaban J connectivity index is 2.38. The number of hydrogen-bond donors (Lipinski definition) is 0. The molecule has 0 spiro atoms. The number of nitrogens with zero attached hydrogens (tertiary/aromatic N) is 1. The summed E-state index contributed by atoms with van der Waals surface area (Å²) in [5, 5.41) is 0.00860. The average Bonchev–Trinajstić information content (AvgIpc) is 2.63. The van der Waals surface area contributed by atoms with E-state index < -0.39 is 5.41 Å². The molecule has 0 bridgehead atoms. The van der Waals surface area contributed by atoms with Gasteiger partial charge >= 0.3 is 0 Å². The maximum absolute atomic E-state index is 14.2. The molecule has 1 aromatic carbocycles. The maximum atomic E-state index is 14.2. The van der Waals surface area contributed by atoms with Crippen LogP contribution in [0.3, 0.4) is 0 Å². The number of anilines is 1. The van der Waals surface area contributed by atoms with Crippen LogP contribution < -0.4 is 4.90 Å². The summed E-state index contributed by atoms with van der Waals surface area (Å²) < 4.78 is 14.2. The molecule has 1 saturated carbocycles. The molecule has 3 nitrogen and oxygen atoms in total. The first-order valence-electron chi connectivity index (χ1n) is 10.4. The Labute approximate surface area is 173 Å². The molecule has 1 aliphatic carbocycles. The summed E-state index contributed by atoms with van der Waals surface area (Å²) in [6, 6.07) is 4.42. The molecule has 0 radical (unpaired) electrons. The minimum atomic E-state index is -0.507. The summed E-state index contributed by atoms with van der Waals surface area (Å²) in [6.45, 7) is 10.4. The van der Waals surface area contributed by atoms with Gasteiger partial charge in [0.1, 0.15) is 5.82 Å². The molecular weight excluding hydrogens is 373 g/mol. The summed E-state index contributed by atoms with van der Waals surface area (Å²) in [5.74, 6) is 0.132. The van der Waals surface area contributed by atoms with Gasteiger partial charge in [-0.25, -0.2) is 4.39 Å². The number of halogens is 1. The van der Waals surface area contributed by atoms with Crippen molar-refractivity contribution in [2.75, 3.05) is 11.4 Å². The Morgan fingerprint density at radius 3 is 2.39 bits per heavy atom. The fourth-order valence-corrected chi connectivity index (χ4v) is 4.26. The van der Waals surface area contributed by atoms with Crippen LogP contribution in [0.1, 0.15) is 73.1 Å². The monoisotopic (exact) mass is 407 g/mol. The highest BCUT2D eigenvalue weighted by atomic mass is 32.2. The van der Waals surface area contributed by atoms with Gasteiger partial charge in [-0.15, -0.1) is 0 Å². The van der Waals surface area contributed by atoms with Crippen LogP contribution in [0.2, 0.25) is 0 Å². The van der Waals surface area contributed by atoms with Gasteiger partial charge in [-0.1, -0.05) is 53.9 Å². The largest absolute Gasteiger partial charge is 0.311 e. The van der Waals surface area contributed by atoms with Crippen LogP contribution in [0.4, 0.5) is 10.1 Å². The fourth-order valence-electron chi connectivity index (χ4n) is 3.35. The van der Waals surface area contributed by atoms with Crippen molar-refractivity contribution in [2.45, 2.75) is 78.0 Å². The Kier molecular flexibility index (Phi) is 8.11. The molecule has 0 atom stereocenters. The van der Waals surface area contributed by atoms with Crippen molar-refractivity contribution < 1.29 is 14.0 Å². The molecule has 28 heavy (non-hydrogen) atoms. The first-order chi connectivity index (χ1) is 13.1. The summed E-state index contributed by atoms with van der Waals surface area (Å²) in [6.07, 6.45) is 5.96. The molecule has 0 unspecified atom stereocenters. The lowest BCUT2D eigenvalue weighted by Gasteiger charge is -2.31. The van der Waals surface area contributed by atoms with Crippen molar-refractivity contribution >= 4 is 28.5 Å². The second-order valence-corrected chi connectivity index (χ2v) is 10.3. The van der Waals surface area contributed by atoms with Crippen LogP contribution in [0, 0.1) is 23.1 Å². The van der Waals surface area contributed by atoms with Gasteiger partial charge in [0.15, 0.2) is 5.12 Å². The van der Waals surface area contributed by atoms with Crippen LogP contribution in [0.15, 0.2) is 23.1 Å². The first-order valence-corrected chi connectivity index (χ1v) is 11.2. The molecule has 1 amide bonds. The molecule has 0 heterocycles. The van der Waals surface area contributed by atoms with Crippen LogP contribution in [0.25, 0.3) is 0 Å². The smallest absolute Gasteiger partial charge is 0.230 e. The summed E-state index contributed by atoms with van der Waals surface area (Å²) in [7, 11) is 0. The Morgan fingerprint density at radius 2 is 1.82 bits per heavy atom. The fraction of sp³-hybridized carbons (Fsp3) is 0.652. The highest BCUT2D eigenvalue weighted by Crippen LogP contribution is 2.37. The number of carbonyl (C=O) groups is 2. The highest BCUT2D eigenvalue weighted by molar-refractivity contribution is 8.13. The van der Waals surface area contributed by atoms with E-state index in [0.717, 1.165) is 43.9 Å². The highest BCUT2D eigenvalue weighted by Gasteiger charge is 2.30. The van der Waals surface area contributed by atoms with E-state index in [1.807, 2.05) is 20.8 Å². The third-order valence-electron chi connectivity index (χ3n) is 5.18. The van der Waals surface area contributed by atoms with Gasteiger partial charge in [-0.05, 0) is 55.1 Å². The molecule has 5 heteroatoms. The zero-order chi connectivity index (χ0) is 20.9. The quantitative estimate of drug-likeness (QED) is 0.509. The van der Waals surface area contributed by atoms with Crippen molar-refractivity contribution in [3.8, 4) is 0 Å². The van der Waals surface area contributed by atoms with Crippen molar-refractivity contribution in [2.24, 2.45) is 17.3 Å². The van der Waals surface area contributed by atoms with E-state index in [2.05, 4.69) is 13.8 Å². The molecule has 0 aromatic heterocycles. The standard InChI is InChI=1S/C23H34FNO2S/c1-16(2)13-14-25(21(26)17-9-7-6-8-10-17)19-15-18(24)11-12-20(19)28-22(27)23(3,4)5/h11-12,15-17H,6-10,13-14H2,1-5H3. The average molecular weight is 408 g/mol. The number of amides is 1. The van der Waals surface area contributed by atoms with Gasteiger partial charge in [-0.2, -0.15) is 0 Å². The number of rotatable bonds is 6. The van der Waals surface area contributed by atoms with Gasteiger partial charge in [-0.3, -0.25) is 9.59 Å². The van der Waals surface area contributed by atoms with Crippen LogP contribution in [-0.4, -0.2) is 17.6 Å². The van der Waals surface area contributed by atoms with Gasteiger partial charge in [0, 0.05) is 22.8 Å². The molecule has 1 aliphatic rings. The van der Waals surface area contributed by atoms with Gasteiger partial charge in [0.25, 0.3) is 0 Å². The first kappa shape index (κ1) is 22.9. The normalized spacial score (nSPS) is 15.7. The molecule has 0 aliphatic heterocycles. The maximum Gasteiger partial charge on any atom is 0.230 e. The molecule has 156 valence electrons. The minimum Gasteiger partial charge on any atom is -0.311 e. The zero-order valence-corrected chi connectivity index (χ0v) is 18.7. The number of thioether (sulfide) groups is 1. The predicted octanol–water partition coefficient (Wildman–Crippen LogP) is 6.45. The van der Waals surface area contributed by atoms with Crippen molar-refractivity contribution in [1.82, 2.24) is 0 Å². The Hall–Kier alpha value is -1.36. The van der Waals surface area contributed by atoms with E-state index in [4.69, 9.17) is 0 Å². The zero-order valence-electron chi connectivity index (χ0n) is 17.9. The van der Waals surface area contributed by atoms with Gasteiger partial charge in [0.05, 0.1) is 5.69 Å². The topological polar surface area (TPSA) is 37.4 Å². The van der Waals surface area contributed by atoms with E-state index >= 15 is 0 Å². The van der Waals surface area contributed by atoms with Crippen LogP contribution in [-0.2, 0) is 9.59 Å². The minimum absolute atomic E-state index is 0.000322. The van der Waals surface area contributed by atoms with Crippen LogP contribution >= 0.6 is 11.8 Å². The van der Waals surface area contributed by atoms with Crippen molar-refractivity contribution in [3.05, 3.63) is 24.0 Å². The third-order valence-corrected chi connectivity index (χ3v) is 6.54. The molecule has 0 N–H and O–H groups in total. The van der Waals surface area contributed by atoms with Crippen LogP contribution in [0.5, 0.6) is 0 Å². The number of carbonyl (C=O) groups excluding carboxylic acids is 2. The lowest BCUT2D eigenvalue weighted by atomic mass is 9.88. The van der Waals surface area contributed by atoms with Crippen molar-refractivity contribution in [1.29, 1.82) is 0 Å². The number of hydrogen-bond acceptors (Lipinski definition) is 3. The molecule has 1 aromatic rings. The molecular formula is C23H34FNO2S. The molecule has 2 rings (SSSR count). The van der Waals surface area contributed by atoms with E-state index in [-0.39, 0.29) is 22.8 Å². The molecule has 0 saturated heterocycles. The van der Waals surface area contributed by atoms with E-state index in [1.54, 1.807) is 11.0 Å². The lowest BCUT2D eigenvalue weighted by molar-refractivity contribution is -0.123. The number of benzene rings is 1. The Morgan fingerprint density at radius 1 is 1.18 bits per heavy atom. The second kappa shape index (κ2) is 9.91. The van der Waals surface area contributed by atoms with E-state index in [1.165, 1.54) is 18.6 Å². The van der Waals surface area contributed by atoms with Crippen molar-refractivity contribution in [3.63, 3.8) is 0 Å². The summed E-state index contributed by atoms with van der Waals surface area (Å²) >= 11 is 1.11. The third kappa shape index (κ3) is 6.33.